The molecule has 2 saturated heterocycles. The average molecular weight is 275 g/mol. The minimum atomic E-state index is 0.325. The van der Waals surface area contributed by atoms with E-state index in [-0.39, 0.29) is 0 Å². The highest BCUT2D eigenvalue weighted by molar-refractivity contribution is 5.08. The number of rotatable bonds is 2. The third-order valence-electron chi connectivity index (χ3n) is 4.50. The van der Waals surface area contributed by atoms with Gasteiger partial charge < -0.3 is 9.64 Å². The van der Waals surface area contributed by atoms with Crippen molar-refractivity contribution in [2.24, 2.45) is 5.41 Å². The molecule has 0 saturated carbocycles. The normalized spacial score (nSPS) is 29.4. The maximum Gasteiger partial charge on any atom is 0.0593 e. The molecule has 0 aromatic carbocycles. The molecule has 1 aromatic rings. The van der Waals surface area contributed by atoms with E-state index in [2.05, 4.69) is 27.9 Å². The lowest BCUT2D eigenvalue weighted by atomic mass is 9.80. The maximum absolute atomic E-state index is 5.88. The van der Waals surface area contributed by atoms with Crippen LogP contribution in [0.5, 0.6) is 0 Å². The second-order valence-corrected chi connectivity index (χ2v) is 6.47. The van der Waals surface area contributed by atoms with E-state index in [9.17, 15) is 0 Å². The van der Waals surface area contributed by atoms with Crippen molar-refractivity contribution in [3.63, 3.8) is 0 Å². The van der Waals surface area contributed by atoms with Gasteiger partial charge in [-0.2, -0.15) is 0 Å². The summed E-state index contributed by atoms with van der Waals surface area (Å²) in [7, 11) is 2.22. The predicted molar refractivity (Wildman–Crippen MR) is 79.5 cm³/mol. The van der Waals surface area contributed by atoms with Crippen molar-refractivity contribution in [1.29, 1.82) is 0 Å². The Bertz CT molecular complexity index is 425. The van der Waals surface area contributed by atoms with E-state index >= 15 is 0 Å². The van der Waals surface area contributed by atoms with E-state index < -0.39 is 0 Å². The zero-order chi connectivity index (χ0) is 13.8. The highest BCUT2D eigenvalue weighted by atomic mass is 16.5. The monoisotopic (exact) mass is 275 g/mol. The molecule has 110 valence electrons. The molecule has 1 atom stereocenters. The van der Waals surface area contributed by atoms with Crippen molar-refractivity contribution in [2.45, 2.75) is 19.4 Å². The maximum atomic E-state index is 5.88. The standard InChI is InChI=1S/C16H25N3O/c1-18-8-9-20-14-16(12-18)5-3-7-19(13-16)11-15-4-2-6-17-10-15/h2,4,6,10H,3,5,7-9,11-14H2,1H3. The number of hydrogen-bond acceptors (Lipinski definition) is 4. The highest BCUT2D eigenvalue weighted by Crippen LogP contribution is 2.33. The molecule has 2 aliphatic heterocycles. The fourth-order valence-electron chi connectivity index (χ4n) is 3.65. The van der Waals surface area contributed by atoms with Gasteiger partial charge in [-0.3, -0.25) is 9.88 Å². The highest BCUT2D eigenvalue weighted by Gasteiger charge is 2.37. The van der Waals surface area contributed by atoms with Crippen LogP contribution in [0.25, 0.3) is 0 Å². The third kappa shape index (κ3) is 3.37. The Kier molecular flexibility index (Phi) is 4.34. The van der Waals surface area contributed by atoms with Gasteiger partial charge >= 0.3 is 0 Å². The molecule has 0 N–H and O–H groups in total. The fraction of sp³-hybridized carbons (Fsp3) is 0.688. The van der Waals surface area contributed by atoms with E-state index in [1.165, 1.54) is 24.9 Å². The Labute approximate surface area is 121 Å². The number of piperidine rings is 1. The first-order chi connectivity index (χ1) is 9.76. The summed E-state index contributed by atoms with van der Waals surface area (Å²) in [5.74, 6) is 0. The van der Waals surface area contributed by atoms with Crippen molar-refractivity contribution in [3.05, 3.63) is 30.1 Å². The van der Waals surface area contributed by atoms with E-state index in [1.807, 2.05) is 18.5 Å². The quantitative estimate of drug-likeness (QED) is 0.820. The van der Waals surface area contributed by atoms with Crippen LogP contribution in [0.1, 0.15) is 18.4 Å². The second-order valence-electron chi connectivity index (χ2n) is 6.47. The Morgan fingerprint density at radius 2 is 2.30 bits per heavy atom. The van der Waals surface area contributed by atoms with Crippen molar-refractivity contribution < 1.29 is 4.74 Å². The average Bonchev–Trinajstić information content (AvgIpc) is 2.62. The number of ether oxygens (including phenoxy) is 1. The molecule has 4 nitrogen and oxygen atoms in total. The van der Waals surface area contributed by atoms with Crippen molar-refractivity contribution in [2.75, 3.05) is 46.4 Å². The Morgan fingerprint density at radius 3 is 3.15 bits per heavy atom. The van der Waals surface area contributed by atoms with Crippen LogP contribution >= 0.6 is 0 Å². The lowest BCUT2D eigenvalue weighted by Gasteiger charge is -2.43. The van der Waals surface area contributed by atoms with Crippen LogP contribution < -0.4 is 0 Å². The lowest BCUT2D eigenvalue weighted by Crippen LogP contribution is -2.49. The summed E-state index contributed by atoms with van der Waals surface area (Å²) < 4.78 is 5.88. The largest absolute Gasteiger partial charge is 0.379 e. The van der Waals surface area contributed by atoms with Gasteiger partial charge in [-0.25, -0.2) is 0 Å². The summed E-state index contributed by atoms with van der Waals surface area (Å²) in [6.07, 6.45) is 6.39. The van der Waals surface area contributed by atoms with Crippen LogP contribution in [0.2, 0.25) is 0 Å². The number of hydrogen-bond donors (Lipinski definition) is 0. The van der Waals surface area contributed by atoms with Crippen LogP contribution in [-0.4, -0.2) is 61.2 Å². The Balaban J connectivity index is 1.66. The topological polar surface area (TPSA) is 28.6 Å². The number of nitrogens with zero attached hydrogens (tertiary/aromatic N) is 3. The van der Waals surface area contributed by atoms with Crippen molar-refractivity contribution in [3.8, 4) is 0 Å². The van der Waals surface area contributed by atoms with Crippen LogP contribution in [0.4, 0.5) is 0 Å². The number of likely N-dealkylation sites (N-methyl/N-ethyl adjacent to an activating group) is 1. The molecule has 1 unspecified atom stereocenters. The predicted octanol–water partition coefficient (Wildman–Crippen LogP) is 1.63. The summed E-state index contributed by atoms with van der Waals surface area (Å²) in [4.78, 5) is 9.23. The minimum Gasteiger partial charge on any atom is -0.379 e. The smallest absolute Gasteiger partial charge is 0.0593 e. The summed E-state index contributed by atoms with van der Waals surface area (Å²) >= 11 is 0. The zero-order valence-electron chi connectivity index (χ0n) is 12.4. The van der Waals surface area contributed by atoms with Crippen LogP contribution in [0.3, 0.4) is 0 Å². The van der Waals surface area contributed by atoms with Gasteiger partial charge in [-0.1, -0.05) is 6.07 Å². The first-order valence-corrected chi connectivity index (χ1v) is 7.63. The fourth-order valence-corrected chi connectivity index (χ4v) is 3.65. The molecule has 4 heteroatoms. The molecular formula is C16H25N3O. The summed E-state index contributed by atoms with van der Waals surface area (Å²) in [6, 6.07) is 4.20. The molecule has 0 aliphatic carbocycles. The minimum absolute atomic E-state index is 0.325. The molecule has 0 radical (unpaired) electrons. The Hall–Kier alpha value is -0.970. The lowest BCUT2D eigenvalue weighted by molar-refractivity contribution is 0.00447. The third-order valence-corrected chi connectivity index (χ3v) is 4.50. The molecule has 2 fully saturated rings. The van der Waals surface area contributed by atoms with Crippen molar-refractivity contribution >= 4 is 0 Å². The molecule has 3 rings (SSSR count). The summed E-state index contributed by atoms with van der Waals surface area (Å²) in [5, 5.41) is 0. The molecule has 0 amide bonds. The molecule has 0 bridgehead atoms. The molecular weight excluding hydrogens is 250 g/mol. The SMILES string of the molecule is CN1CCOCC2(CCCN(Cc3cccnc3)C2)C1. The van der Waals surface area contributed by atoms with Crippen LogP contribution in [-0.2, 0) is 11.3 Å². The second kappa shape index (κ2) is 6.20. The van der Waals surface area contributed by atoms with Gasteiger partial charge in [0, 0.05) is 44.0 Å². The zero-order valence-corrected chi connectivity index (χ0v) is 12.4. The van der Waals surface area contributed by atoms with Gasteiger partial charge in [0.25, 0.3) is 0 Å². The summed E-state index contributed by atoms with van der Waals surface area (Å²) in [6.45, 7) is 7.37. The Morgan fingerprint density at radius 1 is 1.35 bits per heavy atom. The number of pyridine rings is 1. The molecule has 3 heterocycles. The van der Waals surface area contributed by atoms with Gasteiger partial charge in [0.1, 0.15) is 0 Å². The number of aromatic nitrogens is 1. The van der Waals surface area contributed by atoms with E-state index in [4.69, 9.17) is 4.74 Å². The van der Waals surface area contributed by atoms with E-state index in [0.29, 0.717) is 5.41 Å². The van der Waals surface area contributed by atoms with Crippen LogP contribution in [0, 0.1) is 5.41 Å². The first kappa shape index (κ1) is 14.0. The van der Waals surface area contributed by atoms with Gasteiger partial charge in [0.15, 0.2) is 0 Å². The van der Waals surface area contributed by atoms with Crippen LogP contribution in [0.15, 0.2) is 24.5 Å². The number of likely N-dealkylation sites (tertiary alicyclic amines) is 1. The van der Waals surface area contributed by atoms with E-state index in [1.54, 1.807) is 0 Å². The van der Waals surface area contributed by atoms with Gasteiger partial charge in [0.05, 0.1) is 13.2 Å². The van der Waals surface area contributed by atoms with Gasteiger partial charge in [0.2, 0.25) is 0 Å². The molecule has 1 aromatic heterocycles. The molecule has 20 heavy (non-hydrogen) atoms. The molecule has 2 aliphatic rings. The molecule has 1 spiro atoms. The van der Waals surface area contributed by atoms with E-state index in [0.717, 1.165) is 39.4 Å². The first-order valence-electron chi connectivity index (χ1n) is 7.63. The summed E-state index contributed by atoms with van der Waals surface area (Å²) in [5.41, 5.74) is 1.64. The van der Waals surface area contributed by atoms with Gasteiger partial charge in [-0.05, 0) is 38.1 Å². The van der Waals surface area contributed by atoms with Gasteiger partial charge in [-0.15, -0.1) is 0 Å². The van der Waals surface area contributed by atoms with Crippen molar-refractivity contribution in [1.82, 2.24) is 14.8 Å².